The SMILES string of the molecule is CN1CCN(CCCc2ccc(I)cc2F)CC1. The summed E-state index contributed by atoms with van der Waals surface area (Å²) in [5, 5.41) is 0. The summed E-state index contributed by atoms with van der Waals surface area (Å²) in [6, 6.07) is 5.52. The van der Waals surface area contributed by atoms with Gasteiger partial charge < -0.3 is 9.80 Å². The minimum Gasteiger partial charge on any atom is -0.304 e. The highest BCUT2D eigenvalue weighted by molar-refractivity contribution is 14.1. The fraction of sp³-hybridized carbons (Fsp3) is 0.571. The predicted molar refractivity (Wildman–Crippen MR) is 81.4 cm³/mol. The van der Waals surface area contributed by atoms with Gasteiger partial charge in [0.2, 0.25) is 0 Å². The molecule has 1 aromatic carbocycles. The van der Waals surface area contributed by atoms with E-state index in [1.54, 1.807) is 6.07 Å². The van der Waals surface area contributed by atoms with Crippen molar-refractivity contribution in [3.63, 3.8) is 0 Å². The molecule has 0 saturated carbocycles. The molecule has 2 nitrogen and oxygen atoms in total. The Labute approximate surface area is 122 Å². The van der Waals surface area contributed by atoms with Crippen molar-refractivity contribution in [3.8, 4) is 0 Å². The summed E-state index contributed by atoms with van der Waals surface area (Å²) < 4.78 is 14.6. The van der Waals surface area contributed by atoms with Crippen LogP contribution in [-0.2, 0) is 6.42 Å². The smallest absolute Gasteiger partial charge is 0.127 e. The Morgan fingerprint density at radius 3 is 2.61 bits per heavy atom. The van der Waals surface area contributed by atoms with Crippen LogP contribution in [0, 0.1) is 9.39 Å². The van der Waals surface area contributed by atoms with Gasteiger partial charge in [-0.2, -0.15) is 0 Å². The average Bonchev–Trinajstić information content (AvgIpc) is 2.34. The van der Waals surface area contributed by atoms with Crippen molar-refractivity contribution < 1.29 is 4.39 Å². The lowest BCUT2D eigenvalue weighted by Crippen LogP contribution is -2.44. The van der Waals surface area contributed by atoms with E-state index >= 15 is 0 Å². The molecule has 0 unspecified atom stereocenters. The molecule has 1 saturated heterocycles. The third kappa shape index (κ3) is 4.17. The molecule has 0 aromatic heterocycles. The second kappa shape index (κ2) is 6.82. The summed E-state index contributed by atoms with van der Waals surface area (Å²) in [6.07, 6.45) is 1.89. The summed E-state index contributed by atoms with van der Waals surface area (Å²) in [7, 11) is 2.16. The summed E-state index contributed by atoms with van der Waals surface area (Å²) in [5.74, 6) is -0.0553. The molecule has 4 heteroatoms. The second-order valence-electron chi connectivity index (χ2n) is 4.98. The minimum absolute atomic E-state index is 0.0553. The first kappa shape index (κ1) is 14.2. The normalized spacial score (nSPS) is 18.2. The van der Waals surface area contributed by atoms with Crippen LogP contribution in [0.5, 0.6) is 0 Å². The van der Waals surface area contributed by atoms with Crippen LogP contribution in [0.3, 0.4) is 0 Å². The molecule has 0 aliphatic carbocycles. The third-order valence-corrected chi connectivity index (χ3v) is 4.20. The molecule has 100 valence electrons. The van der Waals surface area contributed by atoms with Gasteiger partial charge in [0.15, 0.2) is 0 Å². The number of hydrogen-bond acceptors (Lipinski definition) is 2. The quantitative estimate of drug-likeness (QED) is 0.760. The maximum Gasteiger partial charge on any atom is 0.127 e. The minimum atomic E-state index is -0.0553. The van der Waals surface area contributed by atoms with E-state index < -0.39 is 0 Å². The Kier molecular flexibility index (Phi) is 5.38. The van der Waals surface area contributed by atoms with Crippen LogP contribution < -0.4 is 0 Å². The summed E-state index contributed by atoms with van der Waals surface area (Å²) >= 11 is 2.14. The molecule has 0 radical (unpaired) electrons. The van der Waals surface area contributed by atoms with E-state index in [1.807, 2.05) is 12.1 Å². The van der Waals surface area contributed by atoms with Gasteiger partial charge in [-0.15, -0.1) is 0 Å². The van der Waals surface area contributed by atoms with Crippen LogP contribution >= 0.6 is 22.6 Å². The Morgan fingerprint density at radius 1 is 1.22 bits per heavy atom. The van der Waals surface area contributed by atoms with Crippen molar-refractivity contribution >= 4 is 22.6 Å². The Morgan fingerprint density at radius 2 is 1.94 bits per heavy atom. The molecule has 18 heavy (non-hydrogen) atoms. The molecule has 0 N–H and O–H groups in total. The Bertz CT molecular complexity index is 389. The van der Waals surface area contributed by atoms with Crippen molar-refractivity contribution in [2.24, 2.45) is 0 Å². The van der Waals surface area contributed by atoms with Crippen molar-refractivity contribution in [3.05, 3.63) is 33.1 Å². The van der Waals surface area contributed by atoms with Gasteiger partial charge in [0, 0.05) is 29.7 Å². The predicted octanol–water partition coefficient (Wildman–Crippen LogP) is 2.61. The highest BCUT2D eigenvalue weighted by Gasteiger charge is 2.13. The number of rotatable bonds is 4. The van der Waals surface area contributed by atoms with Gasteiger partial charge in [0.05, 0.1) is 0 Å². The first-order chi connectivity index (χ1) is 8.65. The molecular formula is C14H20FIN2. The number of nitrogens with zero attached hydrogens (tertiary/aromatic N) is 2. The lowest BCUT2D eigenvalue weighted by molar-refractivity contribution is 0.153. The summed E-state index contributed by atoms with van der Waals surface area (Å²) in [6.45, 7) is 5.67. The molecule has 0 amide bonds. The number of aryl methyl sites for hydroxylation is 1. The largest absolute Gasteiger partial charge is 0.304 e. The Hall–Kier alpha value is -0.200. The third-order valence-electron chi connectivity index (χ3n) is 3.53. The molecule has 0 atom stereocenters. The molecule has 1 fully saturated rings. The lowest BCUT2D eigenvalue weighted by atomic mass is 10.1. The summed E-state index contributed by atoms with van der Waals surface area (Å²) in [4.78, 5) is 4.83. The standard InChI is InChI=1S/C14H20FIN2/c1-17-7-9-18(10-8-17)6-2-3-12-4-5-13(16)11-14(12)15/h4-5,11H,2-3,6-10H2,1H3. The van der Waals surface area contributed by atoms with Crippen molar-refractivity contribution in [1.82, 2.24) is 9.80 Å². The molecular weight excluding hydrogens is 342 g/mol. The van der Waals surface area contributed by atoms with E-state index in [2.05, 4.69) is 39.4 Å². The van der Waals surface area contributed by atoms with E-state index in [9.17, 15) is 4.39 Å². The van der Waals surface area contributed by atoms with Gasteiger partial charge in [-0.3, -0.25) is 0 Å². The highest BCUT2D eigenvalue weighted by Crippen LogP contribution is 2.14. The number of benzene rings is 1. The van der Waals surface area contributed by atoms with E-state index in [4.69, 9.17) is 0 Å². The number of hydrogen-bond donors (Lipinski definition) is 0. The van der Waals surface area contributed by atoms with E-state index in [1.165, 1.54) is 0 Å². The van der Waals surface area contributed by atoms with Gasteiger partial charge in [-0.25, -0.2) is 4.39 Å². The molecule has 1 heterocycles. The zero-order chi connectivity index (χ0) is 13.0. The summed E-state index contributed by atoms with van der Waals surface area (Å²) in [5.41, 5.74) is 0.851. The number of halogens is 2. The van der Waals surface area contributed by atoms with E-state index in [0.717, 1.165) is 54.7 Å². The highest BCUT2D eigenvalue weighted by atomic mass is 127. The van der Waals surface area contributed by atoms with Crippen LogP contribution in [0.2, 0.25) is 0 Å². The van der Waals surface area contributed by atoms with E-state index in [-0.39, 0.29) is 5.82 Å². The zero-order valence-electron chi connectivity index (χ0n) is 10.8. The van der Waals surface area contributed by atoms with Crippen LogP contribution in [0.15, 0.2) is 18.2 Å². The van der Waals surface area contributed by atoms with Gasteiger partial charge in [0.25, 0.3) is 0 Å². The van der Waals surface area contributed by atoms with E-state index in [0.29, 0.717) is 0 Å². The van der Waals surface area contributed by atoms with Crippen molar-refractivity contribution in [2.45, 2.75) is 12.8 Å². The van der Waals surface area contributed by atoms with Gasteiger partial charge in [-0.05, 0) is 66.7 Å². The number of likely N-dealkylation sites (N-methyl/N-ethyl adjacent to an activating group) is 1. The maximum atomic E-state index is 13.6. The maximum absolute atomic E-state index is 13.6. The fourth-order valence-electron chi connectivity index (χ4n) is 2.29. The average molecular weight is 362 g/mol. The lowest BCUT2D eigenvalue weighted by Gasteiger charge is -2.32. The van der Waals surface area contributed by atoms with Crippen LogP contribution in [0.25, 0.3) is 0 Å². The molecule has 1 aromatic rings. The molecule has 0 bridgehead atoms. The van der Waals surface area contributed by atoms with Crippen LogP contribution in [0.4, 0.5) is 4.39 Å². The van der Waals surface area contributed by atoms with Gasteiger partial charge in [-0.1, -0.05) is 6.07 Å². The molecule has 0 spiro atoms. The van der Waals surface area contributed by atoms with Gasteiger partial charge in [0.1, 0.15) is 5.82 Å². The molecule has 2 rings (SSSR count). The monoisotopic (exact) mass is 362 g/mol. The fourth-order valence-corrected chi connectivity index (χ4v) is 2.74. The number of piperazine rings is 1. The Balaban J connectivity index is 1.75. The molecule has 1 aliphatic rings. The topological polar surface area (TPSA) is 6.48 Å². The van der Waals surface area contributed by atoms with Crippen molar-refractivity contribution in [2.75, 3.05) is 39.8 Å². The van der Waals surface area contributed by atoms with Gasteiger partial charge >= 0.3 is 0 Å². The first-order valence-corrected chi connectivity index (χ1v) is 7.58. The van der Waals surface area contributed by atoms with Crippen LogP contribution in [0.1, 0.15) is 12.0 Å². The van der Waals surface area contributed by atoms with Crippen molar-refractivity contribution in [1.29, 1.82) is 0 Å². The first-order valence-electron chi connectivity index (χ1n) is 6.50. The van der Waals surface area contributed by atoms with Crippen LogP contribution in [-0.4, -0.2) is 49.6 Å². The second-order valence-corrected chi connectivity index (χ2v) is 6.23. The zero-order valence-corrected chi connectivity index (χ0v) is 13.0. The molecule has 1 aliphatic heterocycles.